The fraction of sp³-hybridized carbons (Fsp3) is 0.263. The molecule has 136 valence electrons. The maximum atomic E-state index is 12.2. The van der Waals surface area contributed by atoms with Crippen molar-refractivity contribution in [3.63, 3.8) is 0 Å². The van der Waals surface area contributed by atoms with Crippen molar-refractivity contribution in [1.29, 1.82) is 0 Å². The molecule has 0 aliphatic carbocycles. The maximum absolute atomic E-state index is 12.2. The van der Waals surface area contributed by atoms with E-state index in [1.54, 1.807) is 26.0 Å². The number of aryl methyl sites for hydroxylation is 1. The Morgan fingerprint density at radius 2 is 1.85 bits per heavy atom. The molecule has 0 aliphatic rings. The molecule has 0 bridgehead atoms. The summed E-state index contributed by atoms with van der Waals surface area (Å²) in [6, 6.07) is 13.9. The summed E-state index contributed by atoms with van der Waals surface area (Å²) < 4.78 is 13.6. The number of carbonyl (C=O) groups excluding carboxylic acids is 1. The predicted octanol–water partition coefficient (Wildman–Crippen LogP) is 3.62. The zero-order valence-electron chi connectivity index (χ0n) is 14.9. The van der Waals surface area contributed by atoms with Crippen LogP contribution in [0.15, 0.2) is 47.5 Å². The van der Waals surface area contributed by atoms with Gasteiger partial charge in [-0.25, -0.2) is 0 Å². The molecule has 0 N–H and O–H groups in total. The number of nitrogens with zero attached hydrogens (tertiary/aromatic N) is 2. The minimum absolute atomic E-state index is 0.132. The number of rotatable bonds is 6. The largest absolute Gasteiger partial charge is 0.493 e. The monoisotopic (exact) mass is 388 g/mol. The van der Waals surface area contributed by atoms with Crippen molar-refractivity contribution in [2.24, 2.45) is 12.0 Å². The van der Waals surface area contributed by atoms with Crippen LogP contribution in [-0.2, 0) is 17.6 Å². The van der Waals surface area contributed by atoms with Gasteiger partial charge < -0.3 is 14.0 Å². The van der Waals surface area contributed by atoms with Gasteiger partial charge in [0.05, 0.1) is 30.2 Å². The number of benzene rings is 2. The Hall–Kier alpha value is -2.25. The Bertz CT molecular complexity index is 978. The van der Waals surface area contributed by atoms with Crippen LogP contribution in [0.1, 0.15) is 5.56 Å². The topological polar surface area (TPSA) is 52.8 Å². The van der Waals surface area contributed by atoms with Crippen molar-refractivity contribution < 1.29 is 14.3 Å². The van der Waals surface area contributed by atoms with E-state index in [9.17, 15) is 4.79 Å². The molecule has 0 aliphatic heterocycles. The van der Waals surface area contributed by atoms with E-state index in [-0.39, 0.29) is 5.91 Å². The summed E-state index contributed by atoms with van der Waals surface area (Å²) in [5, 5.41) is 0. The Morgan fingerprint density at radius 1 is 1.15 bits per heavy atom. The summed E-state index contributed by atoms with van der Waals surface area (Å²) in [6.45, 7) is 0. The first-order chi connectivity index (χ1) is 12.6. The summed E-state index contributed by atoms with van der Waals surface area (Å²) in [5.41, 5.74) is 2.16. The lowest BCUT2D eigenvalue weighted by molar-refractivity contribution is -0.115. The van der Waals surface area contributed by atoms with E-state index in [0.717, 1.165) is 16.0 Å². The van der Waals surface area contributed by atoms with Crippen LogP contribution in [-0.4, -0.2) is 30.4 Å². The Labute approximate surface area is 160 Å². The fourth-order valence-electron chi connectivity index (χ4n) is 2.53. The van der Waals surface area contributed by atoms with Gasteiger partial charge in [0, 0.05) is 24.9 Å². The molecule has 26 heavy (non-hydrogen) atoms. The number of amides is 1. The third-order valence-corrected chi connectivity index (χ3v) is 5.96. The maximum Gasteiger partial charge on any atom is 0.258 e. The van der Waals surface area contributed by atoms with Crippen molar-refractivity contribution in [1.82, 2.24) is 4.57 Å². The zero-order chi connectivity index (χ0) is 18.5. The van der Waals surface area contributed by atoms with E-state index in [0.29, 0.717) is 22.1 Å². The lowest BCUT2D eigenvalue weighted by Crippen LogP contribution is -2.14. The Kier molecular flexibility index (Phi) is 6.00. The summed E-state index contributed by atoms with van der Waals surface area (Å²) in [7, 11) is 5.11. The standard InChI is InChI=1S/C19H20N2O3S2/c1-21-14-9-15(23-2)16(24-3)10-17(14)26-19(21)20-18(22)12-25-11-13-7-5-4-6-8-13/h4-10H,11-12H2,1-3H3. The zero-order valence-corrected chi connectivity index (χ0v) is 16.5. The van der Waals surface area contributed by atoms with Gasteiger partial charge in [-0.1, -0.05) is 41.7 Å². The number of methoxy groups -OCH3 is 2. The first-order valence-corrected chi connectivity index (χ1v) is 10.00. The number of thioether (sulfide) groups is 1. The van der Waals surface area contributed by atoms with Gasteiger partial charge >= 0.3 is 0 Å². The molecular formula is C19H20N2O3S2. The van der Waals surface area contributed by atoms with Gasteiger partial charge in [0.2, 0.25) is 0 Å². The summed E-state index contributed by atoms with van der Waals surface area (Å²) in [6.07, 6.45) is 0. The number of ether oxygens (including phenoxy) is 2. The third kappa shape index (κ3) is 4.11. The van der Waals surface area contributed by atoms with E-state index in [1.807, 2.05) is 41.9 Å². The quantitative estimate of drug-likeness (QED) is 0.647. The van der Waals surface area contributed by atoms with Gasteiger partial charge in [0.1, 0.15) is 0 Å². The van der Waals surface area contributed by atoms with Crippen molar-refractivity contribution in [3.05, 3.63) is 52.8 Å². The molecule has 3 aromatic rings. The second kappa shape index (κ2) is 8.42. The molecule has 2 aromatic carbocycles. The summed E-state index contributed by atoms with van der Waals surface area (Å²) >= 11 is 3.03. The van der Waals surface area contributed by atoms with E-state index in [4.69, 9.17) is 9.47 Å². The van der Waals surface area contributed by atoms with E-state index >= 15 is 0 Å². The van der Waals surface area contributed by atoms with Crippen LogP contribution in [0.5, 0.6) is 11.5 Å². The molecule has 1 aromatic heterocycles. The molecule has 0 radical (unpaired) electrons. The van der Waals surface area contributed by atoms with E-state index in [1.165, 1.54) is 16.9 Å². The summed E-state index contributed by atoms with van der Waals surface area (Å²) in [4.78, 5) is 17.2. The molecule has 0 saturated carbocycles. The number of fused-ring (bicyclic) bond motifs is 1. The Balaban J connectivity index is 1.78. The number of carbonyl (C=O) groups is 1. The van der Waals surface area contributed by atoms with Crippen LogP contribution in [0.25, 0.3) is 10.2 Å². The highest BCUT2D eigenvalue weighted by molar-refractivity contribution is 7.99. The molecule has 3 rings (SSSR count). The van der Waals surface area contributed by atoms with E-state index in [2.05, 4.69) is 17.1 Å². The fourth-order valence-corrected chi connectivity index (χ4v) is 4.35. The average molecular weight is 389 g/mol. The summed E-state index contributed by atoms with van der Waals surface area (Å²) in [5.74, 6) is 2.35. The molecule has 0 fully saturated rings. The Morgan fingerprint density at radius 3 is 2.54 bits per heavy atom. The number of thiazole rings is 1. The highest BCUT2D eigenvalue weighted by atomic mass is 32.2. The van der Waals surface area contributed by atoms with Crippen molar-refractivity contribution in [2.75, 3.05) is 20.0 Å². The lowest BCUT2D eigenvalue weighted by Gasteiger charge is -2.07. The van der Waals surface area contributed by atoms with Crippen LogP contribution in [0.2, 0.25) is 0 Å². The van der Waals surface area contributed by atoms with Crippen LogP contribution in [0, 0.1) is 0 Å². The van der Waals surface area contributed by atoms with Crippen LogP contribution in [0.4, 0.5) is 0 Å². The molecule has 0 unspecified atom stereocenters. The van der Waals surface area contributed by atoms with Crippen LogP contribution in [0.3, 0.4) is 0 Å². The van der Waals surface area contributed by atoms with Crippen molar-refractivity contribution in [2.45, 2.75) is 5.75 Å². The normalized spacial score (nSPS) is 11.7. The SMILES string of the molecule is COc1cc2sc(=NC(=O)CSCc3ccccc3)n(C)c2cc1OC. The molecule has 0 atom stereocenters. The minimum atomic E-state index is -0.132. The molecule has 0 spiro atoms. The van der Waals surface area contributed by atoms with Gasteiger partial charge in [-0.3, -0.25) is 4.79 Å². The molecule has 1 amide bonds. The first-order valence-electron chi connectivity index (χ1n) is 8.03. The minimum Gasteiger partial charge on any atom is -0.493 e. The van der Waals surface area contributed by atoms with Crippen LogP contribution >= 0.6 is 23.1 Å². The average Bonchev–Trinajstić information content (AvgIpc) is 2.96. The second-order valence-corrected chi connectivity index (χ2v) is 7.60. The molecule has 1 heterocycles. The van der Waals surface area contributed by atoms with Crippen LogP contribution < -0.4 is 14.3 Å². The molecular weight excluding hydrogens is 368 g/mol. The van der Waals surface area contributed by atoms with Gasteiger partial charge in [-0.15, -0.1) is 11.8 Å². The number of hydrogen-bond acceptors (Lipinski definition) is 5. The molecule has 7 heteroatoms. The molecule has 5 nitrogen and oxygen atoms in total. The smallest absolute Gasteiger partial charge is 0.258 e. The van der Waals surface area contributed by atoms with Gasteiger partial charge in [0.25, 0.3) is 5.91 Å². The van der Waals surface area contributed by atoms with Gasteiger partial charge in [-0.05, 0) is 5.56 Å². The highest BCUT2D eigenvalue weighted by Gasteiger charge is 2.11. The predicted molar refractivity (Wildman–Crippen MR) is 107 cm³/mol. The second-order valence-electron chi connectivity index (χ2n) is 5.60. The van der Waals surface area contributed by atoms with Crippen molar-refractivity contribution in [3.8, 4) is 11.5 Å². The van der Waals surface area contributed by atoms with Gasteiger partial charge in [0.15, 0.2) is 16.3 Å². The van der Waals surface area contributed by atoms with Gasteiger partial charge in [-0.2, -0.15) is 4.99 Å². The lowest BCUT2D eigenvalue weighted by atomic mass is 10.2. The number of aromatic nitrogens is 1. The van der Waals surface area contributed by atoms with Crippen molar-refractivity contribution >= 4 is 39.2 Å². The third-order valence-electron chi connectivity index (χ3n) is 3.87. The first kappa shape index (κ1) is 18.5. The highest BCUT2D eigenvalue weighted by Crippen LogP contribution is 2.33. The molecule has 0 saturated heterocycles. The number of hydrogen-bond donors (Lipinski definition) is 0. The van der Waals surface area contributed by atoms with E-state index < -0.39 is 0 Å².